The number of para-hydroxylation sites is 1. The summed E-state index contributed by atoms with van der Waals surface area (Å²) >= 11 is 1.57. The van der Waals surface area contributed by atoms with E-state index in [4.69, 9.17) is 4.74 Å². The molecule has 0 bridgehead atoms. The number of anilines is 1. The third-order valence-electron chi connectivity index (χ3n) is 4.66. The van der Waals surface area contributed by atoms with Gasteiger partial charge in [-0.25, -0.2) is 0 Å². The summed E-state index contributed by atoms with van der Waals surface area (Å²) in [7, 11) is 0. The minimum Gasteiger partial charge on any atom is -0.456 e. The average molecular weight is 437 g/mol. The molecular formula is C24H24N2O4S. The average Bonchev–Trinajstić information content (AvgIpc) is 3.31. The van der Waals surface area contributed by atoms with Crippen LogP contribution in [0.4, 0.5) is 5.69 Å². The second-order valence-corrected chi connectivity index (χ2v) is 7.77. The summed E-state index contributed by atoms with van der Waals surface area (Å²) < 4.78 is 5.05. The smallest absolute Gasteiger partial charge is 0.306 e. The topological polar surface area (TPSA) is 84.5 Å². The molecule has 0 aliphatic heterocycles. The van der Waals surface area contributed by atoms with Crippen LogP contribution in [-0.4, -0.2) is 24.4 Å². The van der Waals surface area contributed by atoms with Gasteiger partial charge in [-0.1, -0.05) is 42.5 Å². The highest BCUT2D eigenvalue weighted by Gasteiger charge is 2.16. The van der Waals surface area contributed by atoms with Crippen LogP contribution in [0, 0.1) is 0 Å². The van der Waals surface area contributed by atoms with Crippen molar-refractivity contribution in [3.05, 3.63) is 88.1 Å². The largest absolute Gasteiger partial charge is 0.456 e. The number of esters is 1. The second kappa shape index (κ2) is 11.1. The molecule has 0 aliphatic rings. The van der Waals surface area contributed by atoms with Crippen LogP contribution in [-0.2, 0) is 20.7 Å². The fourth-order valence-electron chi connectivity index (χ4n) is 2.98. The molecule has 2 amide bonds. The summed E-state index contributed by atoms with van der Waals surface area (Å²) in [5.41, 5.74) is 2.74. The number of amides is 2. The maximum atomic E-state index is 12.7. The van der Waals surface area contributed by atoms with Crippen LogP contribution in [0.15, 0.2) is 71.4 Å². The molecule has 3 aromatic rings. The Labute approximate surface area is 185 Å². The Bertz CT molecular complexity index is 1020. The van der Waals surface area contributed by atoms with Gasteiger partial charge >= 0.3 is 5.97 Å². The standard InChI is InChI=1S/C24H24N2O4S/c1-17(19-7-3-2-4-8-19)25-24(29)20-9-5-6-10-21(20)26-22(27)15-30-23(28)12-11-18-13-14-31-16-18/h2-10,13-14,16-17H,11-12,15H2,1H3,(H,25,29)(H,26,27). The van der Waals surface area contributed by atoms with E-state index in [1.165, 1.54) is 0 Å². The van der Waals surface area contributed by atoms with Crippen molar-refractivity contribution in [2.75, 3.05) is 11.9 Å². The van der Waals surface area contributed by atoms with Gasteiger partial charge in [0.2, 0.25) is 0 Å². The van der Waals surface area contributed by atoms with Crippen molar-refractivity contribution in [1.29, 1.82) is 0 Å². The monoisotopic (exact) mass is 436 g/mol. The quantitative estimate of drug-likeness (QED) is 0.488. The van der Waals surface area contributed by atoms with Gasteiger partial charge in [0.05, 0.1) is 17.3 Å². The number of benzene rings is 2. The number of hydrogen-bond acceptors (Lipinski definition) is 5. The molecule has 0 saturated carbocycles. The molecule has 0 fully saturated rings. The predicted octanol–water partition coefficient (Wildman–Crippen LogP) is 4.35. The van der Waals surface area contributed by atoms with Gasteiger partial charge < -0.3 is 15.4 Å². The molecule has 3 rings (SSSR count). The third-order valence-corrected chi connectivity index (χ3v) is 5.39. The lowest BCUT2D eigenvalue weighted by Gasteiger charge is -2.16. The van der Waals surface area contributed by atoms with Crippen molar-refractivity contribution in [3.8, 4) is 0 Å². The number of aryl methyl sites for hydroxylation is 1. The number of ether oxygens (including phenoxy) is 1. The number of rotatable bonds is 9. The number of carbonyl (C=O) groups is 3. The molecule has 0 aliphatic carbocycles. The fraction of sp³-hybridized carbons (Fsp3) is 0.208. The van der Waals surface area contributed by atoms with Gasteiger partial charge in [0, 0.05) is 6.42 Å². The molecule has 2 N–H and O–H groups in total. The van der Waals surface area contributed by atoms with Crippen molar-refractivity contribution in [1.82, 2.24) is 5.32 Å². The lowest BCUT2D eigenvalue weighted by Crippen LogP contribution is -2.28. The number of hydrogen-bond donors (Lipinski definition) is 2. The van der Waals surface area contributed by atoms with Crippen LogP contribution in [0.3, 0.4) is 0 Å². The highest BCUT2D eigenvalue weighted by Crippen LogP contribution is 2.18. The lowest BCUT2D eigenvalue weighted by molar-refractivity contribution is -0.147. The first kappa shape index (κ1) is 22.2. The molecule has 1 heterocycles. The maximum absolute atomic E-state index is 12.7. The number of carbonyl (C=O) groups excluding carboxylic acids is 3. The van der Waals surface area contributed by atoms with Crippen LogP contribution in [0.25, 0.3) is 0 Å². The summed E-state index contributed by atoms with van der Waals surface area (Å²) in [5.74, 6) is -1.25. The predicted molar refractivity (Wildman–Crippen MR) is 121 cm³/mol. The van der Waals surface area contributed by atoms with E-state index in [9.17, 15) is 14.4 Å². The zero-order valence-corrected chi connectivity index (χ0v) is 18.0. The zero-order chi connectivity index (χ0) is 22.1. The van der Waals surface area contributed by atoms with Crippen molar-refractivity contribution in [2.24, 2.45) is 0 Å². The molecule has 1 unspecified atom stereocenters. The van der Waals surface area contributed by atoms with Crippen LogP contribution in [0.1, 0.15) is 40.9 Å². The van der Waals surface area contributed by atoms with E-state index in [2.05, 4.69) is 10.6 Å². The van der Waals surface area contributed by atoms with E-state index < -0.39 is 18.5 Å². The zero-order valence-electron chi connectivity index (χ0n) is 17.2. The van der Waals surface area contributed by atoms with Crippen molar-refractivity contribution < 1.29 is 19.1 Å². The van der Waals surface area contributed by atoms with Gasteiger partial charge in [0.15, 0.2) is 6.61 Å². The third kappa shape index (κ3) is 6.79. The summed E-state index contributed by atoms with van der Waals surface area (Å²) in [6, 6.07) is 18.1. The van der Waals surface area contributed by atoms with Gasteiger partial charge in [-0.05, 0) is 53.4 Å². The van der Waals surface area contributed by atoms with Gasteiger partial charge in [0.1, 0.15) is 0 Å². The van der Waals surface area contributed by atoms with Crippen LogP contribution < -0.4 is 10.6 Å². The van der Waals surface area contributed by atoms with Crippen molar-refractivity contribution in [3.63, 3.8) is 0 Å². The van der Waals surface area contributed by atoms with Gasteiger partial charge in [-0.2, -0.15) is 11.3 Å². The van der Waals surface area contributed by atoms with E-state index in [1.807, 2.05) is 54.1 Å². The van der Waals surface area contributed by atoms with Crippen LogP contribution in [0.2, 0.25) is 0 Å². The Balaban J connectivity index is 1.52. The van der Waals surface area contributed by atoms with Crippen LogP contribution in [0.5, 0.6) is 0 Å². The highest BCUT2D eigenvalue weighted by atomic mass is 32.1. The van der Waals surface area contributed by atoms with Crippen molar-refractivity contribution >= 4 is 34.8 Å². The lowest BCUT2D eigenvalue weighted by atomic mass is 10.1. The second-order valence-electron chi connectivity index (χ2n) is 6.99. The van der Waals surface area contributed by atoms with E-state index in [0.717, 1.165) is 11.1 Å². The summed E-state index contributed by atoms with van der Waals surface area (Å²) in [6.45, 7) is 1.49. The molecule has 1 atom stereocenters. The summed E-state index contributed by atoms with van der Waals surface area (Å²) in [4.78, 5) is 36.9. The Hall–Kier alpha value is -3.45. The van der Waals surface area contributed by atoms with Crippen LogP contribution >= 0.6 is 11.3 Å². The Kier molecular flexibility index (Phi) is 7.95. The van der Waals surface area contributed by atoms with E-state index in [-0.39, 0.29) is 18.4 Å². The Morgan fingerprint density at radius 3 is 2.48 bits per heavy atom. The minimum absolute atomic E-state index is 0.193. The molecule has 1 aromatic heterocycles. The molecule has 0 spiro atoms. The fourth-order valence-corrected chi connectivity index (χ4v) is 3.68. The van der Waals surface area contributed by atoms with E-state index in [0.29, 0.717) is 17.7 Å². The molecule has 2 aromatic carbocycles. The van der Waals surface area contributed by atoms with Gasteiger partial charge in [-0.15, -0.1) is 0 Å². The summed E-state index contributed by atoms with van der Waals surface area (Å²) in [6.07, 6.45) is 0.785. The number of thiophene rings is 1. The van der Waals surface area contributed by atoms with E-state index in [1.54, 1.807) is 35.6 Å². The number of nitrogens with one attached hydrogen (secondary N) is 2. The van der Waals surface area contributed by atoms with Gasteiger partial charge in [0.25, 0.3) is 11.8 Å². The van der Waals surface area contributed by atoms with Gasteiger partial charge in [-0.3, -0.25) is 14.4 Å². The van der Waals surface area contributed by atoms with Crippen molar-refractivity contribution in [2.45, 2.75) is 25.8 Å². The Morgan fingerprint density at radius 2 is 1.74 bits per heavy atom. The Morgan fingerprint density at radius 1 is 1.00 bits per heavy atom. The SMILES string of the molecule is CC(NC(=O)c1ccccc1NC(=O)COC(=O)CCc1ccsc1)c1ccccc1. The first-order chi connectivity index (χ1) is 15.0. The maximum Gasteiger partial charge on any atom is 0.306 e. The highest BCUT2D eigenvalue weighted by molar-refractivity contribution is 7.07. The molecule has 7 heteroatoms. The molecule has 0 saturated heterocycles. The minimum atomic E-state index is -0.500. The molecular weight excluding hydrogens is 412 g/mol. The molecule has 0 radical (unpaired) electrons. The summed E-state index contributed by atoms with van der Waals surface area (Å²) in [5, 5.41) is 9.51. The first-order valence-corrected chi connectivity index (χ1v) is 10.9. The van der Waals surface area contributed by atoms with E-state index >= 15 is 0 Å². The molecule has 31 heavy (non-hydrogen) atoms. The normalized spacial score (nSPS) is 11.4. The molecule has 6 nitrogen and oxygen atoms in total. The first-order valence-electron chi connectivity index (χ1n) is 9.94. The molecule has 160 valence electrons.